The lowest BCUT2D eigenvalue weighted by atomic mass is 10.2. The molecule has 0 unspecified atom stereocenters. The molecule has 6 heteroatoms. The Bertz CT molecular complexity index is 494. The number of hydrogen-bond acceptors (Lipinski definition) is 3. The molecule has 0 heterocycles. The molecular weight excluding hydrogens is 273 g/mol. The van der Waals surface area contributed by atoms with Crippen LogP contribution < -0.4 is 10.6 Å². The van der Waals surface area contributed by atoms with Gasteiger partial charge in [0.05, 0.1) is 0 Å². The third kappa shape index (κ3) is 4.66. The Kier molecular flexibility index (Phi) is 6.06. The van der Waals surface area contributed by atoms with Crippen molar-refractivity contribution in [2.75, 3.05) is 17.7 Å². The van der Waals surface area contributed by atoms with Crippen molar-refractivity contribution >= 4 is 34.8 Å². The average molecular weight is 284 g/mol. The molecule has 0 atom stereocenters. The first-order valence-electron chi connectivity index (χ1n) is 5.14. The minimum absolute atomic E-state index is 0.0277. The number of rotatable bonds is 5. The molecule has 0 bridgehead atoms. The average Bonchev–Trinajstić information content (AvgIpc) is 2.34. The maximum atomic E-state index is 11.7. The number of halogens is 2. The summed E-state index contributed by atoms with van der Waals surface area (Å²) in [4.78, 5) is 11.7. The van der Waals surface area contributed by atoms with E-state index in [-0.39, 0.29) is 5.57 Å². The van der Waals surface area contributed by atoms with Crippen molar-refractivity contribution < 1.29 is 4.79 Å². The topological polar surface area (TPSA) is 64.9 Å². The molecule has 0 aliphatic heterocycles. The highest BCUT2D eigenvalue weighted by Crippen LogP contribution is 2.15. The first-order chi connectivity index (χ1) is 8.67. The maximum absolute atomic E-state index is 11.7. The SMILES string of the molecule is N#C/C(=C/NCCCl)C(=O)Nc1cccc(Cl)c1. The Morgan fingerprint density at radius 1 is 1.50 bits per heavy atom. The molecule has 0 spiro atoms. The lowest BCUT2D eigenvalue weighted by Crippen LogP contribution is -2.17. The molecule has 0 aliphatic rings. The lowest BCUT2D eigenvalue weighted by Gasteiger charge is -2.04. The molecule has 2 N–H and O–H groups in total. The predicted octanol–water partition coefficient (Wildman–Crippen LogP) is 2.51. The van der Waals surface area contributed by atoms with Crippen LogP contribution in [0.15, 0.2) is 36.0 Å². The molecule has 94 valence electrons. The minimum atomic E-state index is -0.498. The van der Waals surface area contributed by atoms with Gasteiger partial charge >= 0.3 is 0 Å². The Hall–Kier alpha value is -1.70. The van der Waals surface area contributed by atoms with E-state index in [0.29, 0.717) is 23.1 Å². The summed E-state index contributed by atoms with van der Waals surface area (Å²) in [5.41, 5.74) is 0.506. The second-order valence-corrected chi connectivity index (χ2v) is 4.09. The van der Waals surface area contributed by atoms with Gasteiger partial charge in [-0.25, -0.2) is 0 Å². The van der Waals surface area contributed by atoms with Crippen LogP contribution in [0.25, 0.3) is 0 Å². The molecular formula is C12H11Cl2N3O. The van der Waals surface area contributed by atoms with E-state index in [1.807, 2.05) is 0 Å². The number of carbonyl (C=O) groups excluding carboxylic acids is 1. The van der Waals surface area contributed by atoms with Gasteiger partial charge in [-0.05, 0) is 18.2 Å². The summed E-state index contributed by atoms with van der Waals surface area (Å²) in [5, 5.41) is 14.7. The summed E-state index contributed by atoms with van der Waals surface area (Å²) in [6.45, 7) is 0.483. The van der Waals surface area contributed by atoms with Gasteiger partial charge in [0.1, 0.15) is 11.6 Å². The van der Waals surface area contributed by atoms with E-state index >= 15 is 0 Å². The van der Waals surface area contributed by atoms with Crippen molar-refractivity contribution in [3.63, 3.8) is 0 Å². The van der Waals surface area contributed by atoms with Crippen LogP contribution in [0.5, 0.6) is 0 Å². The van der Waals surface area contributed by atoms with Crippen LogP contribution in [0.3, 0.4) is 0 Å². The number of hydrogen-bond donors (Lipinski definition) is 2. The van der Waals surface area contributed by atoms with Gasteiger partial charge < -0.3 is 10.6 Å². The molecule has 0 saturated carbocycles. The number of anilines is 1. The third-order valence-electron chi connectivity index (χ3n) is 1.93. The molecule has 1 amide bonds. The number of carbonyl (C=O) groups is 1. The fourth-order valence-corrected chi connectivity index (χ4v) is 1.44. The molecule has 18 heavy (non-hydrogen) atoms. The summed E-state index contributed by atoms with van der Waals surface area (Å²) < 4.78 is 0. The van der Waals surface area contributed by atoms with Gasteiger partial charge in [0.15, 0.2) is 0 Å². The van der Waals surface area contributed by atoms with Crippen LogP contribution in [0.1, 0.15) is 0 Å². The summed E-state index contributed by atoms with van der Waals surface area (Å²) in [6, 6.07) is 8.49. The standard InChI is InChI=1S/C12H11Cl2N3O/c13-4-5-16-8-9(7-15)12(18)17-11-3-1-2-10(14)6-11/h1-3,6,8,16H,4-5H2,(H,17,18)/b9-8-. The highest BCUT2D eigenvalue weighted by molar-refractivity contribution is 6.31. The van der Waals surface area contributed by atoms with E-state index in [2.05, 4.69) is 10.6 Å². The van der Waals surface area contributed by atoms with Crippen molar-refractivity contribution in [1.29, 1.82) is 5.26 Å². The van der Waals surface area contributed by atoms with E-state index < -0.39 is 5.91 Å². The normalized spacial score (nSPS) is 10.6. The molecule has 1 aromatic rings. The summed E-state index contributed by atoms with van der Waals surface area (Å²) >= 11 is 11.3. The van der Waals surface area contributed by atoms with Crippen molar-refractivity contribution in [3.8, 4) is 6.07 Å². The van der Waals surface area contributed by atoms with Crippen LogP contribution in [0.4, 0.5) is 5.69 Å². The highest BCUT2D eigenvalue weighted by atomic mass is 35.5. The van der Waals surface area contributed by atoms with Crippen LogP contribution in [-0.4, -0.2) is 18.3 Å². The monoisotopic (exact) mass is 283 g/mol. The van der Waals surface area contributed by atoms with Crippen molar-refractivity contribution in [1.82, 2.24) is 5.32 Å². The molecule has 0 aliphatic carbocycles. The predicted molar refractivity (Wildman–Crippen MR) is 72.5 cm³/mol. The van der Waals surface area contributed by atoms with E-state index in [1.54, 1.807) is 30.3 Å². The maximum Gasteiger partial charge on any atom is 0.267 e. The Morgan fingerprint density at radius 2 is 2.28 bits per heavy atom. The number of benzene rings is 1. The van der Waals surface area contributed by atoms with Crippen LogP contribution >= 0.6 is 23.2 Å². The Morgan fingerprint density at radius 3 is 2.89 bits per heavy atom. The van der Waals surface area contributed by atoms with Gasteiger partial charge in [-0.2, -0.15) is 5.26 Å². The van der Waals surface area contributed by atoms with Crippen molar-refractivity contribution in [3.05, 3.63) is 41.1 Å². The highest BCUT2D eigenvalue weighted by Gasteiger charge is 2.08. The Balaban J connectivity index is 2.69. The Labute approximate surface area is 115 Å². The number of nitrogens with zero attached hydrogens (tertiary/aromatic N) is 1. The fraction of sp³-hybridized carbons (Fsp3) is 0.167. The zero-order chi connectivity index (χ0) is 13.4. The van der Waals surface area contributed by atoms with Crippen molar-refractivity contribution in [2.24, 2.45) is 0 Å². The van der Waals surface area contributed by atoms with Gasteiger partial charge in [-0.1, -0.05) is 17.7 Å². The van der Waals surface area contributed by atoms with E-state index in [9.17, 15) is 4.79 Å². The number of amides is 1. The lowest BCUT2D eigenvalue weighted by molar-refractivity contribution is -0.112. The van der Waals surface area contributed by atoms with Crippen molar-refractivity contribution in [2.45, 2.75) is 0 Å². The summed E-state index contributed by atoms with van der Waals surface area (Å²) in [6.07, 6.45) is 1.34. The van der Waals surface area contributed by atoms with Crippen LogP contribution in [-0.2, 0) is 4.79 Å². The number of nitriles is 1. The molecule has 0 saturated heterocycles. The number of nitrogens with one attached hydrogen (secondary N) is 2. The molecule has 1 aromatic carbocycles. The summed E-state index contributed by atoms with van der Waals surface area (Å²) in [7, 11) is 0. The van der Waals surface area contributed by atoms with Gasteiger partial charge in [0, 0.05) is 29.3 Å². The van der Waals surface area contributed by atoms with Gasteiger partial charge in [0.2, 0.25) is 0 Å². The van der Waals surface area contributed by atoms with Crippen LogP contribution in [0.2, 0.25) is 5.02 Å². The third-order valence-corrected chi connectivity index (χ3v) is 2.36. The molecule has 4 nitrogen and oxygen atoms in total. The first-order valence-corrected chi connectivity index (χ1v) is 6.05. The molecule has 0 radical (unpaired) electrons. The zero-order valence-electron chi connectivity index (χ0n) is 9.41. The van der Waals surface area contributed by atoms with Gasteiger partial charge in [-0.3, -0.25) is 4.79 Å². The van der Waals surface area contributed by atoms with Gasteiger partial charge in [-0.15, -0.1) is 11.6 Å². The second-order valence-electron chi connectivity index (χ2n) is 3.28. The van der Waals surface area contributed by atoms with Crippen LogP contribution in [0, 0.1) is 11.3 Å². The smallest absolute Gasteiger partial charge is 0.267 e. The first kappa shape index (κ1) is 14.4. The number of alkyl halides is 1. The van der Waals surface area contributed by atoms with E-state index in [0.717, 1.165) is 0 Å². The van der Waals surface area contributed by atoms with Gasteiger partial charge in [0.25, 0.3) is 5.91 Å². The minimum Gasteiger partial charge on any atom is -0.388 e. The summed E-state index contributed by atoms with van der Waals surface area (Å²) in [5.74, 6) is -0.104. The largest absolute Gasteiger partial charge is 0.388 e. The fourth-order valence-electron chi connectivity index (χ4n) is 1.14. The molecule has 0 fully saturated rings. The molecule has 0 aromatic heterocycles. The zero-order valence-corrected chi connectivity index (χ0v) is 10.9. The molecule has 1 rings (SSSR count). The van der Waals surface area contributed by atoms with E-state index in [4.69, 9.17) is 28.5 Å². The quantitative estimate of drug-likeness (QED) is 0.378. The van der Waals surface area contributed by atoms with E-state index in [1.165, 1.54) is 6.20 Å². The second kappa shape index (κ2) is 7.59.